The lowest BCUT2D eigenvalue weighted by molar-refractivity contribution is -0.136. The molecule has 1 aliphatic rings. The second kappa shape index (κ2) is 8.10. The molecule has 0 amide bonds. The highest BCUT2D eigenvalue weighted by atomic mass is 16.5. The summed E-state index contributed by atoms with van der Waals surface area (Å²) >= 11 is 0. The van der Waals surface area contributed by atoms with Gasteiger partial charge in [-0.15, -0.1) is 0 Å². The Labute approximate surface area is 191 Å². The first kappa shape index (κ1) is 20.8. The molecule has 0 fully saturated rings. The third-order valence-electron chi connectivity index (χ3n) is 6.18. The Bertz CT molecular complexity index is 1470. The van der Waals surface area contributed by atoms with Gasteiger partial charge in [0.25, 0.3) is 0 Å². The Morgan fingerprint density at radius 2 is 2.09 bits per heavy atom. The van der Waals surface area contributed by atoms with Crippen LogP contribution in [0.5, 0.6) is 11.5 Å². The van der Waals surface area contributed by atoms with Gasteiger partial charge in [0.1, 0.15) is 17.6 Å². The topological polar surface area (TPSA) is 92.4 Å². The number of ether oxygens (including phenoxy) is 2. The molecule has 1 N–H and O–H groups in total. The molecule has 6 nitrogen and oxygen atoms in total. The molecule has 0 unspecified atom stereocenters. The van der Waals surface area contributed by atoms with Crippen LogP contribution in [0.3, 0.4) is 0 Å². The molecule has 0 spiro atoms. The molecule has 0 radical (unpaired) electrons. The zero-order valence-corrected chi connectivity index (χ0v) is 18.4. The Balaban J connectivity index is 1.94. The number of carboxylic acids is 1. The molecule has 4 aromatic rings. The summed E-state index contributed by atoms with van der Waals surface area (Å²) in [5.74, 6) is 0.403. The van der Waals surface area contributed by atoms with E-state index in [9.17, 15) is 15.2 Å². The van der Waals surface area contributed by atoms with E-state index in [-0.39, 0.29) is 6.42 Å². The number of aromatic nitrogens is 1. The zero-order chi connectivity index (χ0) is 23.1. The summed E-state index contributed by atoms with van der Waals surface area (Å²) in [6.45, 7) is 4.82. The number of benzene rings is 3. The Morgan fingerprint density at radius 3 is 2.85 bits per heavy atom. The van der Waals surface area contributed by atoms with Crippen molar-refractivity contribution in [3.63, 3.8) is 0 Å². The first-order chi connectivity index (χ1) is 16.0. The molecule has 3 aromatic carbocycles. The molecule has 2 heterocycles. The van der Waals surface area contributed by atoms with Crippen molar-refractivity contribution in [3.05, 3.63) is 64.8 Å². The lowest BCUT2D eigenvalue weighted by Gasteiger charge is -2.22. The van der Waals surface area contributed by atoms with Crippen LogP contribution in [-0.2, 0) is 17.6 Å². The number of pyridine rings is 1. The van der Waals surface area contributed by atoms with Gasteiger partial charge in [0.05, 0.1) is 30.7 Å². The average Bonchev–Trinajstić information content (AvgIpc) is 2.81. The summed E-state index contributed by atoms with van der Waals surface area (Å²) in [4.78, 5) is 16.5. The molecular formula is C27H22N2O4. The summed E-state index contributed by atoms with van der Waals surface area (Å²) in [7, 11) is 0. The summed E-state index contributed by atoms with van der Waals surface area (Å²) in [6, 6.07) is 13.6. The monoisotopic (exact) mass is 438 g/mol. The SMILES string of the molecule is CCOc1c(C#N)ccc2c(-c3ccc4c5c(ccnc35)CCO4)c(CC(=O)O)c(C)cc12. The van der Waals surface area contributed by atoms with Crippen LogP contribution in [0.15, 0.2) is 42.6 Å². The van der Waals surface area contributed by atoms with Crippen LogP contribution in [0.25, 0.3) is 32.8 Å². The minimum atomic E-state index is -0.906. The van der Waals surface area contributed by atoms with Gasteiger partial charge in [-0.2, -0.15) is 5.26 Å². The number of nitrogens with zero attached hydrogens (tertiary/aromatic N) is 2. The van der Waals surface area contributed by atoms with Gasteiger partial charge < -0.3 is 14.6 Å². The smallest absolute Gasteiger partial charge is 0.307 e. The van der Waals surface area contributed by atoms with Crippen molar-refractivity contribution in [1.82, 2.24) is 4.98 Å². The van der Waals surface area contributed by atoms with Gasteiger partial charge in [0.15, 0.2) is 0 Å². The quantitative estimate of drug-likeness (QED) is 0.461. The van der Waals surface area contributed by atoms with Gasteiger partial charge in [-0.1, -0.05) is 6.07 Å². The molecular weight excluding hydrogens is 416 g/mol. The molecule has 0 saturated heterocycles. The predicted octanol–water partition coefficient (Wildman–Crippen LogP) is 5.20. The van der Waals surface area contributed by atoms with Crippen molar-refractivity contribution in [1.29, 1.82) is 5.26 Å². The van der Waals surface area contributed by atoms with Crippen molar-refractivity contribution >= 4 is 27.6 Å². The van der Waals surface area contributed by atoms with E-state index < -0.39 is 5.97 Å². The van der Waals surface area contributed by atoms with E-state index in [4.69, 9.17) is 14.5 Å². The number of hydrogen-bond acceptors (Lipinski definition) is 5. The third kappa shape index (κ3) is 3.33. The van der Waals surface area contributed by atoms with Gasteiger partial charge in [-0.25, -0.2) is 0 Å². The average molecular weight is 438 g/mol. The van der Waals surface area contributed by atoms with Crippen LogP contribution in [0, 0.1) is 18.3 Å². The lowest BCUT2D eigenvalue weighted by atomic mass is 9.86. The number of aryl methyl sites for hydroxylation is 1. The molecule has 164 valence electrons. The molecule has 0 aliphatic carbocycles. The maximum Gasteiger partial charge on any atom is 0.307 e. The van der Waals surface area contributed by atoms with E-state index >= 15 is 0 Å². The van der Waals surface area contributed by atoms with Crippen molar-refractivity contribution < 1.29 is 19.4 Å². The molecule has 0 bridgehead atoms. The maximum atomic E-state index is 11.8. The number of nitriles is 1. The highest BCUT2D eigenvalue weighted by molar-refractivity contribution is 6.10. The fourth-order valence-electron chi connectivity index (χ4n) is 4.80. The van der Waals surface area contributed by atoms with Crippen LogP contribution in [0.4, 0.5) is 0 Å². The summed E-state index contributed by atoms with van der Waals surface area (Å²) in [5, 5.41) is 21.9. The zero-order valence-electron chi connectivity index (χ0n) is 18.4. The van der Waals surface area contributed by atoms with E-state index in [1.807, 2.05) is 44.2 Å². The fraction of sp³-hybridized carbons (Fsp3) is 0.222. The van der Waals surface area contributed by atoms with Crippen LogP contribution in [-0.4, -0.2) is 29.3 Å². The fourth-order valence-corrected chi connectivity index (χ4v) is 4.80. The Kier molecular flexibility index (Phi) is 5.10. The van der Waals surface area contributed by atoms with Gasteiger partial charge >= 0.3 is 5.97 Å². The van der Waals surface area contributed by atoms with Crippen molar-refractivity contribution in [3.8, 4) is 28.7 Å². The Hall–Kier alpha value is -4.11. The second-order valence-corrected chi connectivity index (χ2v) is 8.10. The number of carboxylic acid groups (broad SMARTS) is 1. The van der Waals surface area contributed by atoms with Crippen LogP contribution >= 0.6 is 0 Å². The number of hydrogen-bond donors (Lipinski definition) is 1. The number of fused-ring (bicyclic) bond motifs is 1. The van der Waals surface area contributed by atoms with Crippen molar-refractivity contribution in [2.24, 2.45) is 0 Å². The van der Waals surface area contributed by atoms with E-state index in [1.54, 1.807) is 12.3 Å². The highest BCUT2D eigenvalue weighted by Crippen LogP contribution is 2.44. The van der Waals surface area contributed by atoms with E-state index in [2.05, 4.69) is 6.07 Å². The van der Waals surface area contributed by atoms with E-state index in [1.165, 1.54) is 5.56 Å². The predicted molar refractivity (Wildman–Crippen MR) is 126 cm³/mol. The van der Waals surface area contributed by atoms with Crippen molar-refractivity contribution in [2.45, 2.75) is 26.7 Å². The highest BCUT2D eigenvalue weighted by Gasteiger charge is 2.23. The molecule has 33 heavy (non-hydrogen) atoms. The van der Waals surface area contributed by atoms with Gasteiger partial charge in [-0.3, -0.25) is 9.78 Å². The van der Waals surface area contributed by atoms with E-state index in [0.717, 1.165) is 56.1 Å². The maximum absolute atomic E-state index is 11.8. The number of aliphatic carboxylic acids is 1. The molecule has 5 rings (SSSR count). The Morgan fingerprint density at radius 1 is 1.24 bits per heavy atom. The first-order valence-corrected chi connectivity index (χ1v) is 10.9. The summed E-state index contributed by atoms with van der Waals surface area (Å²) in [6.07, 6.45) is 2.47. The van der Waals surface area contributed by atoms with Gasteiger partial charge in [0, 0.05) is 29.0 Å². The number of carbonyl (C=O) groups is 1. The minimum Gasteiger partial charge on any atom is -0.493 e. The lowest BCUT2D eigenvalue weighted by Crippen LogP contribution is -2.10. The first-order valence-electron chi connectivity index (χ1n) is 10.9. The van der Waals surface area contributed by atoms with Gasteiger partial charge in [0.2, 0.25) is 0 Å². The summed E-state index contributed by atoms with van der Waals surface area (Å²) in [5.41, 5.74) is 5.60. The van der Waals surface area contributed by atoms with Crippen molar-refractivity contribution in [2.75, 3.05) is 13.2 Å². The van der Waals surface area contributed by atoms with Crippen LogP contribution in [0.1, 0.15) is 29.2 Å². The summed E-state index contributed by atoms with van der Waals surface area (Å²) < 4.78 is 11.8. The standard InChI is InChI=1S/C27H22N2O4/c1-3-32-27-17(14-28)4-5-18-21(27)12-15(2)20(13-23(30)31)25(18)19-6-7-22-24-16(9-11-33-22)8-10-29-26(19)24/h4-8,10,12H,3,9,11,13H2,1-2H3,(H,30,31). The molecule has 0 atom stereocenters. The normalized spacial score (nSPS) is 12.4. The molecule has 0 saturated carbocycles. The third-order valence-corrected chi connectivity index (χ3v) is 6.18. The van der Waals surface area contributed by atoms with E-state index in [0.29, 0.717) is 24.5 Å². The van der Waals surface area contributed by atoms with Gasteiger partial charge in [-0.05, 0) is 71.8 Å². The van der Waals surface area contributed by atoms with Crippen LogP contribution in [0.2, 0.25) is 0 Å². The number of rotatable bonds is 5. The van der Waals surface area contributed by atoms with Crippen LogP contribution < -0.4 is 9.47 Å². The molecule has 1 aliphatic heterocycles. The minimum absolute atomic E-state index is 0.124. The second-order valence-electron chi connectivity index (χ2n) is 8.10. The molecule has 1 aromatic heterocycles. The largest absolute Gasteiger partial charge is 0.493 e. The molecule has 6 heteroatoms.